The highest BCUT2D eigenvalue weighted by Crippen LogP contribution is 2.29. The number of hydrazine groups is 1. The molecule has 0 radical (unpaired) electrons. The van der Waals surface area contributed by atoms with Crippen LogP contribution in [0.4, 0.5) is 0 Å². The molecule has 9 heteroatoms. The van der Waals surface area contributed by atoms with E-state index in [1.54, 1.807) is 36.5 Å². The molecule has 0 spiro atoms. The van der Waals surface area contributed by atoms with Crippen molar-refractivity contribution < 1.29 is 18.0 Å². The second kappa shape index (κ2) is 10.7. The van der Waals surface area contributed by atoms with E-state index in [9.17, 15) is 18.0 Å². The molecule has 168 valence electrons. The number of aromatic nitrogens is 1. The average Bonchev–Trinajstić information content (AvgIpc) is 2.79. The van der Waals surface area contributed by atoms with E-state index in [0.717, 1.165) is 25.7 Å². The molecule has 3 N–H and O–H groups in total. The highest BCUT2D eigenvalue weighted by molar-refractivity contribution is 7.89. The van der Waals surface area contributed by atoms with E-state index in [1.165, 1.54) is 0 Å². The van der Waals surface area contributed by atoms with Gasteiger partial charge in [-0.2, -0.15) is 0 Å². The molecule has 0 aliphatic heterocycles. The SMILES string of the molecule is CCCCC(=O)NNC(=O)C1CCC(CNS(=O)(=O)c2cccc3ncccc23)CC1. The summed E-state index contributed by atoms with van der Waals surface area (Å²) in [6.45, 7) is 2.34. The van der Waals surface area contributed by atoms with Crippen molar-refractivity contribution in [1.82, 2.24) is 20.6 Å². The van der Waals surface area contributed by atoms with Crippen molar-refractivity contribution in [2.75, 3.05) is 6.54 Å². The lowest BCUT2D eigenvalue weighted by Crippen LogP contribution is -2.45. The maximum Gasteiger partial charge on any atom is 0.241 e. The number of carbonyl (C=O) groups excluding carboxylic acids is 2. The number of hydrogen-bond donors (Lipinski definition) is 3. The van der Waals surface area contributed by atoms with E-state index in [4.69, 9.17) is 0 Å². The van der Waals surface area contributed by atoms with Gasteiger partial charge in [-0.05, 0) is 62.3 Å². The Balaban J connectivity index is 1.47. The Hall–Kier alpha value is -2.52. The van der Waals surface area contributed by atoms with Crippen LogP contribution in [0.25, 0.3) is 10.9 Å². The quantitative estimate of drug-likeness (QED) is 0.539. The van der Waals surface area contributed by atoms with Gasteiger partial charge in [0.1, 0.15) is 0 Å². The van der Waals surface area contributed by atoms with Crippen molar-refractivity contribution in [2.24, 2.45) is 11.8 Å². The summed E-state index contributed by atoms with van der Waals surface area (Å²) in [4.78, 5) is 28.3. The van der Waals surface area contributed by atoms with E-state index in [1.807, 2.05) is 6.92 Å². The lowest BCUT2D eigenvalue weighted by atomic mass is 9.82. The molecule has 31 heavy (non-hydrogen) atoms. The smallest absolute Gasteiger partial charge is 0.241 e. The summed E-state index contributed by atoms with van der Waals surface area (Å²) in [6, 6.07) is 8.53. The molecule has 1 saturated carbocycles. The van der Waals surface area contributed by atoms with Crippen LogP contribution in [0.5, 0.6) is 0 Å². The van der Waals surface area contributed by atoms with Crippen molar-refractivity contribution in [1.29, 1.82) is 0 Å². The average molecular weight is 447 g/mol. The Bertz CT molecular complexity index is 1010. The maximum atomic E-state index is 12.8. The summed E-state index contributed by atoms with van der Waals surface area (Å²) in [5.74, 6) is -0.344. The Kier molecular flexibility index (Phi) is 7.97. The van der Waals surface area contributed by atoms with Crippen LogP contribution in [-0.4, -0.2) is 31.8 Å². The minimum Gasteiger partial charge on any atom is -0.273 e. The summed E-state index contributed by atoms with van der Waals surface area (Å²) >= 11 is 0. The van der Waals surface area contributed by atoms with Crippen molar-refractivity contribution in [3.05, 3.63) is 36.5 Å². The standard InChI is InChI=1S/C22H30N4O4S/c1-2-3-9-21(27)25-26-22(28)17-12-10-16(11-13-17)15-24-31(29,30)20-8-4-7-19-18(20)6-5-14-23-19/h4-8,14,16-17,24H,2-3,9-13,15H2,1H3,(H,25,27)(H,26,28). The van der Waals surface area contributed by atoms with Gasteiger partial charge in [-0.3, -0.25) is 25.4 Å². The third-order valence-electron chi connectivity index (χ3n) is 5.76. The van der Waals surface area contributed by atoms with E-state index < -0.39 is 10.0 Å². The van der Waals surface area contributed by atoms with Crippen LogP contribution in [0.15, 0.2) is 41.4 Å². The number of sulfonamides is 1. The monoisotopic (exact) mass is 446 g/mol. The van der Waals surface area contributed by atoms with E-state index in [-0.39, 0.29) is 28.5 Å². The third kappa shape index (κ3) is 6.24. The van der Waals surface area contributed by atoms with Gasteiger partial charge in [-0.1, -0.05) is 19.4 Å². The minimum absolute atomic E-state index is 0.163. The zero-order valence-corrected chi connectivity index (χ0v) is 18.6. The van der Waals surface area contributed by atoms with Gasteiger partial charge in [0, 0.05) is 30.5 Å². The van der Waals surface area contributed by atoms with Gasteiger partial charge in [0.15, 0.2) is 0 Å². The fraction of sp³-hybridized carbons (Fsp3) is 0.500. The number of pyridine rings is 1. The van der Waals surface area contributed by atoms with E-state index >= 15 is 0 Å². The Morgan fingerprint density at radius 2 is 1.84 bits per heavy atom. The van der Waals surface area contributed by atoms with Crippen LogP contribution in [0.3, 0.4) is 0 Å². The molecule has 1 aromatic carbocycles. The summed E-state index contributed by atoms with van der Waals surface area (Å²) in [6.07, 6.45) is 6.59. The number of unbranched alkanes of at least 4 members (excludes halogenated alkanes) is 1. The molecule has 1 heterocycles. The van der Waals surface area contributed by atoms with Crippen molar-refractivity contribution in [3.63, 3.8) is 0 Å². The zero-order valence-electron chi connectivity index (χ0n) is 17.8. The first-order valence-corrected chi connectivity index (χ1v) is 12.3. The second-order valence-electron chi connectivity index (χ2n) is 8.04. The summed E-state index contributed by atoms with van der Waals surface area (Å²) in [5, 5.41) is 0.596. The molecular weight excluding hydrogens is 416 g/mol. The highest BCUT2D eigenvalue weighted by atomic mass is 32.2. The predicted octanol–water partition coefficient (Wildman–Crippen LogP) is 2.66. The molecule has 0 bridgehead atoms. The van der Waals surface area contributed by atoms with Crippen LogP contribution in [0.1, 0.15) is 51.9 Å². The molecule has 2 aromatic rings. The minimum atomic E-state index is -3.66. The topological polar surface area (TPSA) is 117 Å². The molecule has 0 atom stereocenters. The van der Waals surface area contributed by atoms with Crippen LogP contribution in [-0.2, 0) is 19.6 Å². The number of benzene rings is 1. The van der Waals surface area contributed by atoms with Gasteiger partial charge in [-0.25, -0.2) is 13.1 Å². The number of nitrogens with zero attached hydrogens (tertiary/aromatic N) is 1. The zero-order chi connectivity index (χ0) is 22.3. The van der Waals surface area contributed by atoms with Crippen molar-refractivity contribution in [2.45, 2.75) is 56.8 Å². The van der Waals surface area contributed by atoms with E-state index in [2.05, 4.69) is 20.6 Å². The first-order chi connectivity index (χ1) is 14.9. The highest BCUT2D eigenvalue weighted by Gasteiger charge is 2.28. The molecule has 1 fully saturated rings. The van der Waals surface area contributed by atoms with Crippen LogP contribution < -0.4 is 15.6 Å². The number of amides is 2. The Morgan fingerprint density at radius 1 is 1.06 bits per heavy atom. The molecule has 2 amide bonds. The molecule has 0 unspecified atom stereocenters. The normalized spacial score (nSPS) is 19.1. The number of hydrogen-bond acceptors (Lipinski definition) is 5. The summed E-state index contributed by atoms with van der Waals surface area (Å²) in [7, 11) is -3.66. The van der Waals surface area contributed by atoms with Crippen LogP contribution in [0.2, 0.25) is 0 Å². The number of nitrogens with one attached hydrogen (secondary N) is 3. The predicted molar refractivity (Wildman–Crippen MR) is 118 cm³/mol. The molecule has 8 nitrogen and oxygen atoms in total. The van der Waals surface area contributed by atoms with Crippen LogP contribution in [0, 0.1) is 11.8 Å². The molecule has 1 aliphatic carbocycles. The largest absolute Gasteiger partial charge is 0.273 e. The van der Waals surface area contributed by atoms with Crippen molar-refractivity contribution in [3.8, 4) is 0 Å². The van der Waals surface area contributed by atoms with Gasteiger partial charge in [0.2, 0.25) is 21.8 Å². The lowest BCUT2D eigenvalue weighted by Gasteiger charge is -2.27. The molecule has 3 rings (SSSR count). The molecule has 1 aliphatic rings. The third-order valence-corrected chi connectivity index (χ3v) is 7.24. The van der Waals surface area contributed by atoms with Gasteiger partial charge in [0.05, 0.1) is 10.4 Å². The second-order valence-corrected chi connectivity index (χ2v) is 9.77. The van der Waals surface area contributed by atoms with Gasteiger partial charge >= 0.3 is 0 Å². The van der Waals surface area contributed by atoms with E-state index in [0.29, 0.717) is 36.7 Å². The first-order valence-electron chi connectivity index (χ1n) is 10.8. The van der Waals surface area contributed by atoms with Gasteiger partial charge in [-0.15, -0.1) is 0 Å². The van der Waals surface area contributed by atoms with Crippen LogP contribution >= 0.6 is 0 Å². The Morgan fingerprint density at radius 3 is 2.58 bits per heavy atom. The van der Waals surface area contributed by atoms with Gasteiger partial charge < -0.3 is 0 Å². The first kappa shape index (κ1) is 23.1. The summed E-state index contributed by atoms with van der Waals surface area (Å²) < 4.78 is 28.4. The van der Waals surface area contributed by atoms with Gasteiger partial charge in [0.25, 0.3) is 0 Å². The molecular formula is C22H30N4O4S. The Labute approximate surface area is 183 Å². The summed E-state index contributed by atoms with van der Waals surface area (Å²) in [5.41, 5.74) is 5.62. The fourth-order valence-electron chi connectivity index (χ4n) is 3.88. The number of carbonyl (C=O) groups is 2. The lowest BCUT2D eigenvalue weighted by molar-refractivity contribution is -0.132. The maximum absolute atomic E-state index is 12.8. The fourth-order valence-corrected chi connectivity index (χ4v) is 5.21. The molecule has 1 aromatic heterocycles. The number of fused-ring (bicyclic) bond motifs is 1. The molecule has 0 saturated heterocycles. The van der Waals surface area contributed by atoms with Crippen molar-refractivity contribution >= 4 is 32.7 Å². The number of rotatable bonds is 8.